The number of hydrogen-bond acceptors (Lipinski definition) is 4. The summed E-state index contributed by atoms with van der Waals surface area (Å²) in [4.78, 5) is 23.3. The summed E-state index contributed by atoms with van der Waals surface area (Å²) in [5.41, 5.74) is 1.45. The van der Waals surface area contributed by atoms with Crippen molar-refractivity contribution in [3.8, 4) is 11.8 Å². The van der Waals surface area contributed by atoms with Crippen LogP contribution in [0.5, 0.6) is 5.75 Å². The molecule has 2 N–H and O–H groups in total. The van der Waals surface area contributed by atoms with Crippen molar-refractivity contribution < 1.29 is 14.3 Å². The second kappa shape index (κ2) is 9.73. The van der Waals surface area contributed by atoms with Crippen LogP contribution in [0.3, 0.4) is 0 Å². The van der Waals surface area contributed by atoms with Gasteiger partial charge in [0.25, 0.3) is 0 Å². The summed E-state index contributed by atoms with van der Waals surface area (Å²) in [5, 5.41) is 13.9. The molecule has 0 aliphatic carbocycles. The Hall–Kier alpha value is -3.33. The second-order valence-corrected chi connectivity index (χ2v) is 5.27. The Morgan fingerprint density at radius 3 is 2.60 bits per heavy atom. The van der Waals surface area contributed by atoms with Gasteiger partial charge in [0.2, 0.25) is 11.8 Å². The fourth-order valence-corrected chi connectivity index (χ4v) is 2.10. The van der Waals surface area contributed by atoms with Gasteiger partial charge in [-0.3, -0.25) is 9.59 Å². The Morgan fingerprint density at radius 2 is 1.84 bits per heavy atom. The van der Waals surface area contributed by atoms with Crippen molar-refractivity contribution >= 4 is 17.5 Å². The number of amides is 2. The van der Waals surface area contributed by atoms with Crippen LogP contribution in [0.25, 0.3) is 0 Å². The Balaban J connectivity index is 1.74. The highest BCUT2D eigenvalue weighted by Gasteiger charge is 2.04. The summed E-state index contributed by atoms with van der Waals surface area (Å²) in [5.74, 6) is 0.257. The van der Waals surface area contributed by atoms with Crippen LogP contribution in [-0.4, -0.2) is 18.4 Å². The van der Waals surface area contributed by atoms with Gasteiger partial charge in [-0.05, 0) is 29.8 Å². The predicted octanol–water partition coefficient (Wildman–Crippen LogP) is 2.62. The number of benzene rings is 2. The molecule has 0 saturated carbocycles. The number of nitrogens with one attached hydrogen (secondary N) is 2. The molecule has 2 aromatic carbocycles. The van der Waals surface area contributed by atoms with E-state index in [1.807, 2.05) is 36.4 Å². The van der Waals surface area contributed by atoms with Crippen molar-refractivity contribution in [3.05, 3.63) is 60.2 Å². The molecule has 0 aliphatic rings. The van der Waals surface area contributed by atoms with E-state index in [1.54, 1.807) is 24.3 Å². The van der Waals surface area contributed by atoms with Crippen LogP contribution in [-0.2, 0) is 16.1 Å². The lowest BCUT2D eigenvalue weighted by atomic mass is 10.2. The summed E-state index contributed by atoms with van der Waals surface area (Å²) in [7, 11) is 0. The zero-order chi connectivity index (χ0) is 17.9. The molecule has 6 heteroatoms. The Morgan fingerprint density at radius 1 is 1.04 bits per heavy atom. The molecule has 0 atom stereocenters. The Labute approximate surface area is 146 Å². The van der Waals surface area contributed by atoms with Gasteiger partial charge >= 0.3 is 0 Å². The van der Waals surface area contributed by atoms with Crippen LogP contribution in [0.15, 0.2) is 54.6 Å². The number of rotatable bonds is 8. The lowest BCUT2D eigenvalue weighted by Gasteiger charge is -2.09. The maximum absolute atomic E-state index is 11.9. The van der Waals surface area contributed by atoms with Crippen molar-refractivity contribution in [1.82, 2.24) is 5.32 Å². The first-order valence-electron chi connectivity index (χ1n) is 7.87. The van der Waals surface area contributed by atoms with E-state index in [0.717, 1.165) is 11.3 Å². The van der Waals surface area contributed by atoms with Gasteiger partial charge in [0.1, 0.15) is 12.2 Å². The smallest absolute Gasteiger partial charge is 0.238 e. The van der Waals surface area contributed by atoms with Gasteiger partial charge in [-0.15, -0.1) is 0 Å². The maximum atomic E-state index is 11.9. The van der Waals surface area contributed by atoms with Gasteiger partial charge in [-0.2, -0.15) is 5.26 Å². The first kappa shape index (κ1) is 18.0. The van der Waals surface area contributed by atoms with E-state index in [0.29, 0.717) is 18.8 Å². The number of nitrogens with zero attached hydrogens (tertiary/aromatic N) is 1. The SMILES string of the molecule is N#CCC(=O)Nc1cccc(CNC(=O)CCOc2ccccc2)c1. The van der Waals surface area contributed by atoms with Gasteiger partial charge < -0.3 is 15.4 Å². The molecular weight excluding hydrogens is 318 g/mol. The fraction of sp³-hybridized carbons (Fsp3) is 0.211. The predicted molar refractivity (Wildman–Crippen MR) is 93.7 cm³/mol. The first-order valence-corrected chi connectivity index (χ1v) is 7.87. The van der Waals surface area contributed by atoms with Crippen molar-refractivity contribution in [3.63, 3.8) is 0 Å². The Bertz CT molecular complexity index is 754. The van der Waals surface area contributed by atoms with Crippen LogP contribution >= 0.6 is 0 Å². The fourth-order valence-electron chi connectivity index (χ4n) is 2.10. The van der Waals surface area contributed by atoms with E-state index in [9.17, 15) is 9.59 Å². The molecule has 0 bridgehead atoms. The molecular formula is C19H19N3O3. The molecule has 6 nitrogen and oxygen atoms in total. The largest absolute Gasteiger partial charge is 0.493 e. The number of hydrogen-bond donors (Lipinski definition) is 2. The molecule has 0 fully saturated rings. The summed E-state index contributed by atoms with van der Waals surface area (Å²) < 4.78 is 5.48. The van der Waals surface area contributed by atoms with Gasteiger partial charge in [-0.1, -0.05) is 30.3 Å². The molecule has 128 valence electrons. The van der Waals surface area contributed by atoms with E-state index in [2.05, 4.69) is 10.6 Å². The highest BCUT2D eigenvalue weighted by molar-refractivity contribution is 5.92. The first-order chi connectivity index (χ1) is 12.2. The maximum Gasteiger partial charge on any atom is 0.238 e. The second-order valence-electron chi connectivity index (χ2n) is 5.27. The number of nitriles is 1. The van der Waals surface area contributed by atoms with Gasteiger partial charge in [-0.25, -0.2) is 0 Å². The summed E-state index contributed by atoms with van der Waals surface area (Å²) in [6.45, 7) is 0.659. The summed E-state index contributed by atoms with van der Waals surface area (Å²) >= 11 is 0. The minimum atomic E-state index is -0.359. The third-order valence-corrected chi connectivity index (χ3v) is 3.28. The molecule has 25 heavy (non-hydrogen) atoms. The van der Waals surface area contributed by atoms with Gasteiger partial charge in [0.15, 0.2) is 0 Å². The third kappa shape index (κ3) is 6.75. The molecule has 0 aromatic heterocycles. The van der Waals surface area contributed by atoms with Gasteiger partial charge in [0, 0.05) is 12.2 Å². The molecule has 0 unspecified atom stereocenters. The molecule has 2 amide bonds. The van der Waals surface area contributed by atoms with Crippen molar-refractivity contribution in [2.24, 2.45) is 0 Å². The normalized spacial score (nSPS) is 9.72. The summed E-state index contributed by atoms with van der Waals surface area (Å²) in [6, 6.07) is 18.2. The molecule has 0 radical (unpaired) electrons. The number of para-hydroxylation sites is 1. The van der Waals surface area contributed by atoms with E-state index >= 15 is 0 Å². The van der Waals surface area contributed by atoms with E-state index in [4.69, 9.17) is 10.00 Å². The number of carbonyl (C=O) groups excluding carboxylic acids is 2. The van der Waals surface area contributed by atoms with Crippen molar-refractivity contribution in [2.45, 2.75) is 19.4 Å². The minimum Gasteiger partial charge on any atom is -0.493 e. The molecule has 0 spiro atoms. The molecule has 0 aliphatic heterocycles. The van der Waals surface area contributed by atoms with Crippen LogP contribution in [0.4, 0.5) is 5.69 Å². The highest BCUT2D eigenvalue weighted by atomic mass is 16.5. The summed E-state index contributed by atoms with van der Waals surface area (Å²) in [6.07, 6.45) is 0.0653. The monoisotopic (exact) mass is 337 g/mol. The quantitative estimate of drug-likeness (QED) is 0.774. The lowest BCUT2D eigenvalue weighted by molar-refractivity contribution is -0.121. The standard InChI is InChI=1S/C19H19N3O3/c20-11-9-19(24)22-16-6-4-5-15(13-16)14-21-18(23)10-12-25-17-7-2-1-3-8-17/h1-8,13H,9-10,12,14H2,(H,21,23)(H,22,24). The minimum absolute atomic E-state index is 0.116. The molecule has 0 saturated heterocycles. The van der Waals surface area contributed by atoms with Crippen LogP contribution < -0.4 is 15.4 Å². The molecule has 0 heterocycles. The molecule has 2 aromatic rings. The van der Waals surface area contributed by atoms with Crippen LogP contribution in [0, 0.1) is 11.3 Å². The third-order valence-electron chi connectivity index (χ3n) is 3.28. The zero-order valence-electron chi connectivity index (χ0n) is 13.7. The number of anilines is 1. The molecule has 2 rings (SSSR count). The van der Waals surface area contributed by atoms with Crippen LogP contribution in [0.2, 0.25) is 0 Å². The van der Waals surface area contributed by atoms with Crippen LogP contribution in [0.1, 0.15) is 18.4 Å². The topological polar surface area (TPSA) is 91.2 Å². The van der Waals surface area contributed by atoms with Crippen molar-refractivity contribution in [1.29, 1.82) is 5.26 Å². The van der Waals surface area contributed by atoms with Crippen molar-refractivity contribution in [2.75, 3.05) is 11.9 Å². The number of carbonyl (C=O) groups is 2. The van der Waals surface area contributed by atoms with E-state index in [-0.39, 0.29) is 24.7 Å². The highest BCUT2D eigenvalue weighted by Crippen LogP contribution is 2.11. The average Bonchev–Trinajstić information content (AvgIpc) is 2.61. The number of ether oxygens (including phenoxy) is 1. The lowest BCUT2D eigenvalue weighted by Crippen LogP contribution is -2.24. The Kier molecular flexibility index (Phi) is 7.01. The average molecular weight is 337 g/mol. The van der Waals surface area contributed by atoms with Gasteiger partial charge in [0.05, 0.1) is 19.1 Å². The zero-order valence-corrected chi connectivity index (χ0v) is 13.7. The van der Waals surface area contributed by atoms with E-state index in [1.165, 1.54) is 0 Å². The van der Waals surface area contributed by atoms with E-state index < -0.39 is 0 Å².